The summed E-state index contributed by atoms with van der Waals surface area (Å²) in [5, 5.41) is 0. The van der Waals surface area contributed by atoms with Crippen molar-refractivity contribution in [2.24, 2.45) is 0 Å². The van der Waals surface area contributed by atoms with E-state index < -0.39 is 18.4 Å². The standard InChI is InChI=1S/C13H15F4N3O/c1-21-11-7-10-9(6-8(11)14)19-12(18)20(10)5-3-2-4-13(15,16)17/h6-7H,2-5H2,1H3,(H2,18,19). The highest BCUT2D eigenvalue weighted by Crippen LogP contribution is 2.27. The molecule has 0 saturated heterocycles. The van der Waals surface area contributed by atoms with Gasteiger partial charge >= 0.3 is 6.18 Å². The summed E-state index contributed by atoms with van der Waals surface area (Å²) < 4.78 is 56.3. The van der Waals surface area contributed by atoms with E-state index in [1.54, 1.807) is 4.57 Å². The normalized spacial score (nSPS) is 12.0. The molecule has 0 bridgehead atoms. The number of ether oxygens (including phenoxy) is 1. The van der Waals surface area contributed by atoms with Crippen molar-refractivity contribution in [2.45, 2.75) is 32.0 Å². The highest BCUT2D eigenvalue weighted by atomic mass is 19.4. The van der Waals surface area contributed by atoms with Gasteiger partial charge < -0.3 is 15.0 Å². The van der Waals surface area contributed by atoms with Gasteiger partial charge in [0, 0.05) is 25.1 Å². The molecule has 0 radical (unpaired) electrons. The summed E-state index contributed by atoms with van der Waals surface area (Å²) in [6, 6.07) is 2.63. The Hall–Kier alpha value is -1.99. The van der Waals surface area contributed by atoms with Crippen molar-refractivity contribution in [3.05, 3.63) is 17.9 Å². The van der Waals surface area contributed by atoms with Gasteiger partial charge in [-0.05, 0) is 12.8 Å². The quantitative estimate of drug-likeness (QED) is 0.679. The molecule has 0 unspecified atom stereocenters. The Morgan fingerprint density at radius 2 is 2.00 bits per heavy atom. The first-order chi connectivity index (χ1) is 9.81. The summed E-state index contributed by atoms with van der Waals surface area (Å²) >= 11 is 0. The first kappa shape index (κ1) is 15.4. The van der Waals surface area contributed by atoms with Crippen LogP contribution in [-0.4, -0.2) is 22.8 Å². The molecule has 1 aromatic heterocycles. The fraction of sp³-hybridized carbons (Fsp3) is 0.462. The molecule has 0 aliphatic rings. The molecule has 0 spiro atoms. The zero-order valence-corrected chi connectivity index (χ0v) is 11.4. The minimum atomic E-state index is -4.16. The molecule has 1 aromatic carbocycles. The SMILES string of the molecule is COc1cc2c(cc1F)nc(N)n2CCCCC(F)(F)F. The van der Waals surface area contributed by atoms with E-state index in [1.165, 1.54) is 19.2 Å². The molecular formula is C13H15F4N3O. The molecule has 1 heterocycles. The van der Waals surface area contributed by atoms with Crippen molar-refractivity contribution in [1.82, 2.24) is 9.55 Å². The number of benzene rings is 1. The third-order valence-corrected chi connectivity index (χ3v) is 3.14. The molecule has 0 aliphatic heterocycles. The average molecular weight is 305 g/mol. The Labute approximate surface area is 118 Å². The van der Waals surface area contributed by atoms with Crippen LogP contribution in [-0.2, 0) is 6.54 Å². The monoisotopic (exact) mass is 305 g/mol. The summed E-state index contributed by atoms with van der Waals surface area (Å²) in [6.45, 7) is 0.285. The lowest BCUT2D eigenvalue weighted by atomic mass is 10.2. The number of methoxy groups -OCH3 is 1. The molecule has 2 N–H and O–H groups in total. The van der Waals surface area contributed by atoms with E-state index in [0.29, 0.717) is 17.5 Å². The average Bonchev–Trinajstić information content (AvgIpc) is 2.67. The Bertz CT molecular complexity index is 636. The Kier molecular flexibility index (Phi) is 4.24. The number of hydrogen-bond acceptors (Lipinski definition) is 3. The Balaban J connectivity index is 2.17. The fourth-order valence-electron chi connectivity index (χ4n) is 2.13. The van der Waals surface area contributed by atoms with Crippen LogP contribution in [0.1, 0.15) is 19.3 Å². The molecule has 0 atom stereocenters. The second kappa shape index (κ2) is 5.79. The van der Waals surface area contributed by atoms with E-state index >= 15 is 0 Å². The van der Waals surface area contributed by atoms with Crippen molar-refractivity contribution in [2.75, 3.05) is 12.8 Å². The van der Waals surface area contributed by atoms with Crippen molar-refractivity contribution in [1.29, 1.82) is 0 Å². The lowest BCUT2D eigenvalue weighted by molar-refractivity contribution is -0.135. The number of alkyl halides is 3. The molecule has 2 aromatic rings. The van der Waals surface area contributed by atoms with Gasteiger partial charge in [-0.25, -0.2) is 9.37 Å². The number of anilines is 1. The van der Waals surface area contributed by atoms with E-state index in [9.17, 15) is 17.6 Å². The molecule has 116 valence electrons. The van der Waals surface area contributed by atoms with Crippen LogP contribution in [0.15, 0.2) is 12.1 Å². The van der Waals surface area contributed by atoms with E-state index in [0.717, 1.165) is 0 Å². The van der Waals surface area contributed by atoms with Gasteiger partial charge in [0.25, 0.3) is 0 Å². The first-order valence-corrected chi connectivity index (χ1v) is 6.38. The molecule has 8 heteroatoms. The van der Waals surface area contributed by atoms with E-state index in [1.807, 2.05) is 0 Å². The third-order valence-electron chi connectivity index (χ3n) is 3.14. The zero-order valence-electron chi connectivity index (χ0n) is 11.4. The van der Waals surface area contributed by atoms with E-state index in [2.05, 4.69) is 4.98 Å². The number of halogens is 4. The van der Waals surface area contributed by atoms with Crippen LogP contribution >= 0.6 is 0 Å². The molecule has 0 fully saturated rings. The summed E-state index contributed by atoms with van der Waals surface area (Å²) in [7, 11) is 1.33. The fourth-order valence-corrected chi connectivity index (χ4v) is 2.13. The van der Waals surface area contributed by atoms with Gasteiger partial charge in [0.2, 0.25) is 5.95 Å². The highest BCUT2D eigenvalue weighted by Gasteiger charge is 2.26. The van der Waals surface area contributed by atoms with E-state index in [4.69, 9.17) is 10.5 Å². The molecular weight excluding hydrogens is 290 g/mol. The maximum absolute atomic E-state index is 13.6. The number of nitrogens with two attached hydrogens (primary N) is 1. The van der Waals surface area contributed by atoms with Crippen LogP contribution in [0.3, 0.4) is 0 Å². The number of aryl methyl sites for hydroxylation is 1. The van der Waals surface area contributed by atoms with Crippen LogP contribution in [0.2, 0.25) is 0 Å². The molecule has 0 amide bonds. The molecule has 21 heavy (non-hydrogen) atoms. The number of nitrogens with zero attached hydrogens (tertiary/aromatic N) is 2. The number of imidazole rings is 1. The van der Waals surface area contributed by atoms with Gasteiger partial charge in [-0.2, -0.15) is 13.2 Å². The van der Waals surface area contributed by atoms with Gasteiger partial charge in [0.1, 0.15) is 0 Å². The van der Waals surface area contributed by atoms with Gasteiger partial charge in [-0.3, -0.25) is 0 Å². The number of rotatable bonds is 5. The first-order valence-electron chi connectivity index (χ1n) is 6.38. The predicted octanol–water partition coefficient (Wildman–Crippen LogP) is 3.50. The smallest absolute Gasteiger partial charge is 0.389 e. The molecule has 0 aliphatic carbocycles. The van der Waals surface area contributed by atoms with Gasteiger partial charge in [-0.15, -0.1) is 0 Å². The van der Waals surface area contributed by atoms with Gasteiger partial charge in [0.15, 0.2) is 11.6 Å². The van der Waals surface area contributed by atoms with E-state index in [-0.39, 0.29) is 24.7 Å². The second-order valence-corrected chi connectivity index (χ2v) is 4.67. The highest BCUT2D eigenvalue weighted by molar-refractivity contribution is 5.80. The summed E-state index contributed by atoms with van der Waals surface area (Å²) in [6.07, 6.45) is -4.69. The summed E-state index contributed by atoms with van der Waals surface area (Å²) in [4.78, 5) is 4.00. The van der Waals surface area contributed by atoms with Crippen molar-refractivity contribution in [3.63, 3.8) is 0 Å². The van der Waals surface area contributed by atoms with Crippen LogP contribution in [0.25, 0.3) is 11.0 Å². The number of aromatic nitrogens is 2. The topological polar surface area (TPSA) is 53.1 Å². The van der Waals surface area contributed by atoms with Crippen LogP contribution in [0.4, 0.5) is 23.5 Å². The number of fused-ring (bicyclic) bond motifs is 1. The molecule has 2 rings (SSSR count). The van der Waals surface area contributed by atoms with Crippen molar-refractivity contribution >= 4 is 17.0 Å². The lowest BCUT2D eigenvalue weighted by Gasteiger charge is -2.09. The minimum absolute atomic E-state index is 0.000935. The van der Waals surface area contributed by atoms with Crippen molar-refractivity contribution in [3.8, 4) is 5.75 Å². The number of unbranched alkanes of at least 4 members (excludes halogenated alkanes) is 1. The Morgan fingerprint density at radius 1 is 1.29 bits per heavy atom. The maximum atomic E-state index is 13.6. The Morgan fingerprint density at radius 3 is 2.62 bits per heavy atom. The third kappa shape index (κ3) is 3.56. The maximum Gasteiger partial charge on any atom is 0.389 e. The summed E-state index contributed by atoms with van der Waals surface area (Å²) in [5.41, 5.74) is 6.62. The van der Waals surface area contributed by atoms with Crippen molar-refractivity contribution < 1.29 is 22.3 Å². The number of nitrogen functional groups attached to an aromatic ring is 1. The predicted molar refractivity (Wildman–Crippen MR) is 70.6 cm³/mol. The zero-order chi connectivity index (χ0) is 15.6. The van der Waals surface area contributed by atoms with Crippen LogP contribution in [0, 0.1) is 5.82 Å². The summed E-state index contributed by atoms with van der Waals surface area (Å²) in [5.74, 6) is -0.379. The largest absolute Gasteiger partial charge is 0.494 e. The van der Waals surface area contributed by atoms with Crippen LogP contribution < -0.4 is 10.5 Å². The lowest BCUT2D eigenvalue weighted by Crippen LogP contribution is -2.08. The molecule has 4 nitrogen and oxygen atoms in total. The number of hydrogen-bond donors (Lipinski definition) is 1. The minimum Gasteiger partial charge on any atom is -0.494 e. The molecule has 0 saturated carbocycles. The van der Waals surface area contributed by atoms with Gasteiger partial charge in [0.05, 0.1) is 18.1 Å². The van der Waals surface area contributed by atoms with Crippen LogP contribution in [0.5, 0.6) is 5.75 Å². The van der Waals surface area contributed by atoms with Gasteiger partial charge in [-0.1, -0.05) is 0 Å². The second-order valence-electron chi connectivity index (χ2n) is 4.67.